The summed E-state index contributed by atoms with van der Waals surface area (Å²) in [6, 6.07) is 0.433. The van der Waals surface area contributed by atoms with Gasteiger partial charge in [-0.25, -0.2) is 0 Å². The summed E-state index contributed by atoms with van der Waals surface area (Å²) in [5.41, 5.74) is 0. The second-order valence-corrected chi connectivity index (χ2v) is 8.80. The van der Waals surface area contributed by atoms with E-state index in [2.05, 4.69) is 44.8 Å². The number of hydrogen-bond acceptors (Lipinski definition) is 4. The predicted molar refractivity (Wildman–Crippen MR) is 95.5 cm³/mol. The van der Waals surface area contributed by atoms with Crippen LogP contribution in [0.3, 0.4) is 0 Å². The number of ether oxygens (including phenoxy) is 1. The first kappa shape index (κ1) is 19.8. The van der Waals surface area contributed by atoms with Crippen molar-refractivity contribution < 1.29 is 9.53 Å². The normalized spacial score (nSPS) is 18.5. The molecule has 0 spiro atoms. The van der Waals surface area contributed by atoms with E-state index in [-0.39, 0.29) is 10.7 Å². The molecule has 0 radical (unpaired) electrons. The molecule has 1 fully saturated rings. The Kier molecular flexibility index (Phi) is 8.80. The van der Waals surface area contributed by atoms with Gasteiger partial charge in [0.05, 0.1) is 19.0 Å². The van der Waals surface area contributed by atoms with E-state index < -0.39 is 0 Å². The van der Waals surface area contributed by atoms with Crippen LogP contribution in [0.2, 0.25) is 0 Å². The van der Waals surface area contributed by atoms with Crippen LogP contribution in [-0.4, -0.2) is 60.2 Å². The van der Waals surface area contributed by atoms with Crippen molar-refractivity contribution in [1.29, 1.82) is 0 Å². The molecule has 5 heteroatoms. The molecule has 1 aliphatic rings. The molecule has 0 aromatic carbocycles. The van der Waals surface area contributed by atoms with Gasteiger partial charge in [-0.2, -0.15) is 0 Å². The van der Waals surface area contributed by atoms with Crippen LogP contribution in [-0.2, 0) is 9.53 Å². The van der Waals surface area contributed by atoms with Crippen molar-refractivity contribution >= 4 is 17.7 Å². The van der Waals surface area contributed by atoms with Crippen molar-refractivity contribution in [2.45, 2.75) is 58.2 Å². The topological polar surface area (TPSA) is 41.6 Å². The van der Waals surface area contributed by atoms with Crippen molar-refractivity contribution in [3.8, 4) is 0 Å². The lowest BCUT2D eigenvalue weighted by Crippen LogP contribution is -2.52. The summed E-state index contributed by atoms with van der Waals surface area (Å²) in [5.74, 6) is 1.33. The third kappa shape index (κ3) is 7.34. The highest BCUT2D eigenvalue weighted by atomic mass is 32.2. The van der Waals surface area contributed by atoms with Crippen LogP contribution in [0, 0.1) is 5.92 Å². The summed E-state index contributed by atoms with van der Waals surface area (Å²) >= 11 is 1.70. The maximum Gasteiger partial charge on any atom is 0.230 e. The molecular weight excluding hydrogens is 296 g/mol. The largest absolute Gasteiger partial charge is 0.379 e. The van der Waals surface area contributed by atoms with E-state index in [1.807, 2.05) is 0 Å². The van der Waals surface area contributed by atoms with Crippen molar-refractivity contribution in [3.63, 3.8) is 0 Å². The molecule has 1 saturated heterocycles. The molecule has 1 rings (SSSR count). The number of nitrogens with one attached hydrogen (secondary N) is 1. The number of rotatable bonds is 8. The highest BCUT2D eigenvalue weighted by Crippen LogP contribution is 2.23. The van der Waals surface area contributed by atoms with Gasteiger partial charge in [-0.05, 0) is 5.92 Å². The number of carbonyl (C=O) groups is 1. The molecule has 0 aliphatic carbocycles. The molecule has 1 atom stereocenters. The first-order valence-corrected chi connectivity index (χ1v) is 9.58. The Labute approximate surface area is 140 Å². The van der Waals surface area contributed by atoms with Gasteiger partial charge in [0, 0.05) is 30.4 Å². The highest BCUT2D eigenvalue weighted by Gasteiger charge is 2.27. The van der Waals surface area contributed by atoms with Gasteiger partial charge in [-0.15, -0.1) is 11.8 Å². The Hall–Kier alpha value is -0.260. The molecule has 1 heterocycles. The Morgan fingerprint density at radius 3 is 2.32 bits per heavy atom. The molecular formula is C17H34N2O2S. The van der Waals surface area contributed by atoms with Crippen LogP contribution in [0.25, 0.3) is 0 Å². The molecule has 22 heavy (non-hydrogen) atoms. The third-order valence-electron chi connectivity index (χ3n) is 4.25. The maximum atomic E-state index is 12.1. The summed E-state index contributed by atoms with van der Waals surface area (Å²) in [4.78, 5) is 14.6. The summed E-state index contributed by atoms with van der Waals surface area (Å²) in [6.45, 7) is 15.3. The van der Waals surface area contributed by atoms with Gasteiger partial charge < -0.3 is 10.1 Å². The minimum Gasteiger partial charge on any atom is -0.379 e. The number of thioether (sulfide) groups is 1. The van der Waals surface area contributed by atoms with Gasteiger partial charge in [0.2, 0.25) is 5.91 Å². The van der Waals surface area contributed by atoms with Gasteiger partial charge in [0.25, 0.3) is 0 Å². The zero-order chi connectivity index (χ0) is 16.6. The monoisotopic (exact) mass is 330 g/mol. The predicted octanol–water partition coefficient (Wildman–Crippen LogP) is 2.77. The van der Waals surface area contributed by atoms with Gasteiger partial charge in [-0.1, -0.05) is 47.5 Å². The van der Waals surface area contributed by atoms with E-state index in [0.29, 0.717) is 17.7 Å². The lowest BCUT2D eigenvalue weighted by atomic mass is 9.92. The summed E-state index contributed by atoms with van der Waals surface area (Å²) < 4.78 is 5.60. The standard InChI is InChI=1S/C17H34N2O2S/c1-6-14(7-2)15(19-8-10-21-11-9-19)12-18-16(20)13-22-17(3,4)5/h14-15H,6-13H2,1-5H3,(H,18,20). The number of hydrogen-bond donors (Lipinski definition) is 1. The quantitative estimate of drug-likeness (QED) is 0.743. The summed E-state index contributed by atoms with van der Waals surface area (Å²) in [7, 11) is 0. The Balaban J connectivity index is 2.51. The SMILES string of the molecule is CCC(CC)C(CNC(=O)CSC(C)(C)C)N1CCOCC1. The molecule has 1 aliphatic heterocycles. The van der Waals surface area contributed by atoms with E-state index in [1.54, 1.807) is 11.8 Å². The fourth-order valence-electron chi connectivity index (χ4n) is 2.89. The first-order chi connectivity index (χ1) is 10.4. The van der Waals surface area contributed by atoms with Crippen LogP contribution in [0.15, 0.2) is 0 Å². The molecule has 0 saturated carbocycles. The fraction of sp³-hybridized carbons (Fsp3) is 0.941. The molecule has 4 nitrogen and oxygen atoms in total. The van der Waals surface area contributed by atoms with Crippen LogP contribution >= 0.6 is 11.8 Å². The minimum absolute atomic E-state index is 0.135. The molecule has 1 unspecified atom stereocenters. The van der Waals surface area contributed by atoms with Crippen molar-refractivity contribution in [2.24, 2.45) is 5.92 Å². The van der Waals surface area contributed by atoms with E-state index in [0.717, 1.165) is 45.7 Å². The lowest BCUT2D eigenvalue weighted by Gasteiger charge is -2.38. The van der Waals surface area contributed by atoms with Gasteiger partial charge in [-0.3, -0.25) is 9.69 Å². The van der Waals surface area contributed by atoms with Gasteiger partial charge >= 0.3 is 0 Å². The van der Waals surface area contributed by atoms with Crippen molar-refractivity contribution in [3.05, 3.63) is 0 Å². The number of nitrogens with zero attached hydrogens (tertiary/aromatic N) is 1. The minimum atomic E-state index is 0.135. The van der Waals surface area contributed by atoms with Crippen LogP contribution in [0.5, 0.6) is 0 Å². The van der Waals surface area contributed by atoms with Gasteiger partial charge in [0.15, 0.2) is 0 Å². The number of amides is 1. The van der Waals surface area contributed by atoms with Crippen molar-refractivity contribution in [1.82, 2.24) is 10.2 Å². The van der Waals surface area contributed by atoms with Crippen LogP contribution in [0.4, 0.5) is 0 Å². The summed E-state index contributed by atoms with van der Waals surface area (Å²) in [6.07, 6.45) is 2.32. The molecule has 1 amide bonds. The second kappa shape index (κ2) is 9.78. The van der Waals surface area contributed by atoms with Crippen LogP contribution < -0.4 is 5.32 Å². The maximum absolute atomic E-state index is 12.1. The molecule has 1 N–H and O–H groups in total. The van der Waals surface area contributed by atoms with E-state index in [9.17, 15) is 4.79 Å². The Bertz CT molecular complexity index is 321. The van der Waals surface area contributed by atoms with E-state index >= 15 is 0 Å². The lowest BCUT2D eigenvalue weighted by molar-refractivity contribution is -0.119. The molecule has 0 bridgehead atoms. The van der Waals surface area contributed by atoms with Crippen LogP contribution in [0.1, 0.15) is 47.5 Å². The average molecular weight is 331 g/mol. The van der Waals surface area contributed by atoms with E-state index in [4.69, 9.17) is 4.74 Å². The highest BCUT2D eigenvalue weighted by molar-refractivity contribution is 8.01. The first-order valence-electron chi connectivity index (χ1n) is 8.59. The summed E-state index contributed by atoms with van der Waals surface area (Å²) in [5, 5.41) is 3.16. The third-order valence-corrected chi connectivity index (χ3v) is 5.52. The molecule has 130 valence electrons. The zero-order valence-electron chi connectivity index (χ0n) is 15.0. The van der Waals surface area contributed by atoms with Crippen molar-refractivity contribution in [2.75, 3.05) is 38.6 Å². The van der Waals surface area contributed by atoms with Gasteiger partial charge in [0.1, 0.15) is 0 Å². The number of morpholine rings is 1. The Morgan fingerprint density at radius 2 is 1.82 bits per heavy atom. The average Bonchev–Trinajstić information content (AvgIpc) is 2.49. The molecule has 0 aromatic heterocycles. The van der Waals surface area contributed by atoms with E-state index in [1.165, 1.54) is 0 Å². The Morgan fingerprint density at radius 1 is 1.23 bits per heavy atom. The number of carbonyl (C=O) groups excluding carboxylic acids is 1. The second-order valence-electron chi connectivity index (χ2n) is 7.00. The molecule has 0 aromatic rings. The zero-order valence-corrected chi connectivity index (χ0v) is 15.8. The fourth-order valence-corrected chi connectivity index (χ4v) is 3.55. The smallest absolute Gasteiger partial charge is 0.230 e.